The molecule has 8 heteroatoms. The molecule has 0 spiro atoms. The molecular formula is C13H12ClNO5S. The van der Waals surface area contributed by atoms with Gasteiger partial charge in [-0.25, -0.2) is 9.00 Å². The molecule has 0 aliphatic rings. The Morgan fingerprint density at radius 3 is 2.71 bits per heavy atom. The second kappa shape index (κ2) is 6.75. The number of anilines is 1. The van der Waals surface area contributed by atoms with Crippen LogP contribution in [0, 0.1) is 0 Å². The van der Waals surface area contributed by atoms with Crippen molar-refractivity contribution in [3.8, 4) is 0 Å². The molecule has 3 N–H and O–H groups in total. The maximum atomic E-state index is 11.3. The maximum absolute atomic E-state index is 11.3. The predicted molar refractivity (Wildman–Crippen MR) is 78.9 cm³/mol. The first-order chi connectivity index (χ1) is 9.97. The van der Waals surface area contributed by atoms with E-state index < -0.39 is 17.2 Å². The van der Waals surface area contributed by atoms with E-state index in [-0.39, 0.29) is 16.3 Å². The van der Waals surface area contributed by atoms with Gasteiger partial charge in [0.1, 0.15) is 5.76 Å². The number of aryl methyl sites for hydroxylation is 2. The molecule has 0 aliphatic heterocycles. The minimum absolute atomic E-state index is 0.0268. The molecule has 1 atom stereocenters. The van der Waals surface area contributed by atoms with Crippen LogP contribution in [0.4, 0.5) is 5.69 Å². The van der Waals surface area contributed by atoms with E-state index in [1.807, 2.05) is 0 Å². The van der Waals surface area contributed by atoms with Crippen molar-refractivity contribution in [2.24, 2.45) is 0 Å². The standard InChI is InChI=1S/C13H12ClNO5S/c14-11-6-8(3-4-9-2-1-5-20-9)10(13(16)17)7-12(11)15-21(18)19/h1-2,5-7,15H,3-4H2,(H,16,17)(H,18,19). The highest BCUT2D eigenvalue weighted by atomic mass is 35.5. The number of hydrogen-bond donors (Lipinski definition) is 3. The molecule has 0 saturated heterocycles. The van der Waals surface area contributed by atoms with E-state index in [2.05, 4.69) is 4.72 Å². The first-order valence-electron chi connectivity index (χ1n) is 5.93. The fraction of sp³-hybridized carbons (Fsp3) is 0.154. The minimum atomic E-state index is -2.33. The lowest BCUT2D eigenvalue weighted by Crippen LogP contribution is -2.08. The summed E-state index contributed by atoms with van der Waals surface area (Å²) in [5.41, 5.74) is 0.647. The molecule has 0 saturated carbocycles. The third-order valence-electron chi connectivity index (χ3n) is 2.84. The van der Waals surface area contributed by atoms with Crippen LogP contribution in [0.1, 0.15) is 21.7 Å². The number of rotatable bonds is 6. The van der Waals surface area contributed by atoms with Crippen molar-refractivity contribution in [2.75, 3.05) is 4.72 Å². The molecule has 1 aromatic heterocycles. The fourth-order valence-electron chi connectivity index (χ4n) is 1.91. The molecule has 6 nitrogen and oxygen atoms in total. The molecule has 0 radical (unpaired) electrons. The molecule has 21 heavy (non-hydrogen) atoms. The van der Waals surface area contributed by atoms with Gasteiger partial charge in [-0.1, -0.05) is 11.6 Å². The van der Waals surface area contributed by atoms with Gasteiger partial charge in [-0.05, 0) is 36.2 Å². The van der Waals surface area contributed by atoms with Crippen LogP contribution in [0.2, 0.25) is 5.02 Å². The zero-order chi connectivity index (χ0) is 15.4. The molecule has 0 fully saturated rings. The number of nitrogens with one attached hydrogen (secondary N) is 1. The summed E-state index contributed by atoms with van der Waals surface area (Å²) in [5, 5.41) is 9.42. The predicted octanol–water partition coefficient (Wildman–Crippen LogP) is 2.97. The number of carbonyl (C=O) groups is 1. The number of benzene rings is 1. The quantitative estimate of drug-likeness (QED) is 0.707. The second-order valence-electron chi connectivity index (χ2n) is 4.22. The molecule has 1 unspecified atom stereocenters. The van der Waals surface area contributed by atoms with Gasteiger partial charge in [-0.15, -0.1) is 0 Å². The number of furan rings is 1. The Bertz CT molecular complexity index is 671. The van der Waals surface area contributed by atoms with Gasteiger partial charge in [0.05, 0.1) is 22.5 Å². The van der Waals surface area contributed by atoms with Crippen molar-refractivity contribution in [1.29, 1.82) is 0 Å². The monoisotopic (exact) mass is 329 g/mol. The fourth-order valence-corrected chi connectivity index (χ4v) is 2.55. The molecule has 2 aromatic rings. The zero-order valence-electron chi connectivity index (χ0n) is 10.7. The van der Waals surface area contributed by atoms with Crippen molar-refractivity contribution in [1.82, 2.24) is 0 Å². The molecule has 0 aliphatic carbocycles. The van der Waals surface area contributed by atoms with Crippen LogP contribution in [-0.4, -0.2) is 19.8 Å². The van der Waals surface area contributed by atoms with Gasteiger partial charge >= 0.3 is 5.97 Å². The molecule has 112 valence electrons. The Hall–Kier alpha value is -1.83. The Balaban J connectivity index is 2.29. The van der Waals surface area contributed by atoms with Gasteiger partial charge in [0.25, 0.3) is 11.3 Å². The van der Waals surface area contributed by atoms with Gasteiger partial charge in [-0.3, -0.25) is 9.27 Å². The van der Waals surface area contributed by atoms with Crippen LogP contribution in [-0.2, 0) is 24.1 Å². The van der Waals surface area contributed by atoms with Crippen LogP contribution in [0.25, 0.3) is 0 Å². The molecular weight excluding hydrogens is 318 g/mol. The Morgan fingerprint density at radius 2 is 2.14 bits per heavy atom. The van der Waals surface area contributed by atoms with E-state index in [4.69, 9.17) is 20.6 Å². The lowest BCUT2D eigenvalue weighted by atomic mass is 10.0. The second-order valence-corrected chi connectivity index (χ2v) is 5.33. The molecule has 1 aromatic carbocycles. The third-order valence-corrected chi connectivity index (χ3v) is 3.55. The highest BCUT2D eigenvalue weighted by molar-refractivity contribution is 7.80. The maximum Gasteiger partial charge on any atom is 0.336 e. The van der Waals surface area contributed by atoms with E-state index in [9.17, 15) is 14.1 Å². The first kappa shape index (κ1) is 15.6. The number of carboxylic acids is 1. The molecule has 2 rings (SSSR count). The minimum Gasteiger partial charge on any atom is -0.478 e. The zero-order valence-corrected chi connectivity index (χ0v) is 12.3. The van der Waals surface area contributed by atoms with Crippen molar-refractivity contribution in [2.45, 2.75) is 12.8 Å². The smallest absolute Gasteiger partial charge is 0.336 e. The first-order valence-corrected chi connectivity index (χ1v) is 7.41. The summed E-state index contributed by atoms with van der Waals surface area (Å²) >= 11 is 3.66. The summed E-state index contributed by atoms with van der Waals surface area (Å²) in [7, 11) is 0. The number of halogens is 1. The van der Waals surface area contributed by atoms with Gasteiger partial charge in [0.15, 0.2) is 0 Å². The van der Waals surface area contributed by atoms with Gasteiger partial charge in [0, 0.05) is 6.42 Å². The van der Waals surface area contributed by atoms with E-state index in [1.54, 1.807) is 18.4 Å². The van der Waals surface area contributed by atoms with Crippen molar-refractivity contribution < 1.29 is 23.1 Å². The van der Waals surface area contributed by atoms with E-state index >= 15 is 0 Å². The van der Waals surface area contributed by atoms with Crippen molar-refractivity contribution in [3.05, 3.63) is 52.4 Å². The summed E-state index contributed by atoms with van der Waals surface area (Å²) in [6, 6.07) is 6.27. The number of carboxylic acid groups (broad SMARTS) is 1. The van der Waals surface area contributed by atoms with Crippen molar-refractivity contribution in [3.63, 3.8) is 0 Å². The normalized spacial score (nSPS) is 12.1. The molecule has 0 bridgehead atoms. The summed E-state index contributed by atoms with van der Waals surface area (Å²) in [4.78, 5) is 11.3. The summed E-state index contributed by atoms with van der Waals surface area (Å²) in [5.74, 6) is -0.394. The average Bonchev–Trinajstić information content (AvgIpc) is 2.91. The third kappa shape index (κ3) is 4.07. The van der Waals surface area contributed by atoms with Crippen molar-refractivity contribution >= 4 is 34.5 Å². The SMILES string of the molecule is O=C(O)c1cc(NS(=O)O)c(Cl)cc1CCc1ccco1. The number of aromatic carboxylic acids is 1. The Kier molecular flexibility index (Phi) is 5.00. The van der Waals surface area contributed by atoms with Gasteiger partial charge in [-0.2, -0.15) is 0 Å². The lowest BCUT2D eigenvalue weighted by molar-refractivity contribution is 0.0695. The van der Waals surface area contributed by atoms with Crippen LogP contribution in [0.3, 0.4) is 0 Å². The van der Waals surface area contributed by atoms with Crippen LogP contribution in [0.15, 0.2) is 34.9 Å². The van der Waals surface area contributed by atoms with E-state index in [0.717, 1.165) is 5.76 Å². The molecule has 0 amide bonds. The van der Waals surface area contributed by atoms with E-state index in [1.165, 1.54) is 12.1 Å². The Labute approximate surface area is 128 Å². The Morgan fingerprint density at radius 1 is 1.38 bits per heavy atom. The summed E-state index contributed by atoms with van der Waals surface area (Å²) < 4.78 is 26.9. The lowest BCUT2D eigenvalue weighted by Gasteiger charge is -2.10. The van der Waals surface area contributed by atoms with E-state index in [0.29, 0.717) is 18.4 Å². The van der Waals surface area contributed by atoms with Gasteiger partial charge < -0.3 is 9.52 Å². The average molecular weight is 330 g/mol. The summed E-state index contributed by atoms with van der Waals surface area (Å²) in [6.07, 6.45) is 2.50. The highest BCUT2D eigenvalue weighted by Crippen LogP contribution is 2.27. The van der Waals surface area contributed by atoms with Crippen LogP contribution in [0.5, 0.6) is 0 Å². The van der Waals surface area contributed by atoms with Crippen LogP contribution >= 0.6 is 11.6 Å². The van der Waals surface area contributed by atoms with Crippen LogP contribution < -0.4 is 4.72 Å². The largest absolute Gasteiger partial charge is 0.478 e. The topological polar surface area (TPSA) is 99.8 Å². The van der Waals surface area contributed by atoms with Gasteiger partial charge in [0.2, 0.25) is 0 Å². The summed E-state index contributed by atoms with van der Waals surface area (Å²) in [6.45, 7) is 0. The molecule has 1 heterocycles. The number of hydrogen-bond acceptors (Lipinski definition) is 3. The highest BCUT2D eigenvalue weighted by Gasteiger charge is 2.15.